The van der Waals surface area contributed by atoms with E-state index >= 15 is 0 Å². The highest BCUT2D eigenvalue weighted by atomic mass is 16.5. The fourth-order valence-electron chi connectivity index (χ4n) is 3.19. The lowest BCUT2D eigenvalue weighted by molar-refractivity contribution is 0.0137. The summed E-state index contributed by atoms with van der Waals surface area (Å²) < 4.78 is 32.5. The summed E-state index contributed by atoms with van der Waals surface area (Å²) in [5.74, 6) is -1.43. The number of nitrogens with one attached hydrogen (secondary N) is 2. The van der Waals surface area contributed by atoms with Gasteiger partial charge in [0.1, 0.15) is 0 Å². The molecule has 2 amide bonds. The third-order valence-electron chi connectivity index (χ3n) is 5.36. The van der Waals surface area contributed by atoms with Gasteiger partial charge in [-0.15, -0.1) is 0 Å². The molecule has 0 radical (unpaired) electrons. The van der Waals surface area contributed by atoms with Crippen LogP contribution in [0.15, 0.2) is 0 Å². The van der Waals surface area contributed by atoms with Gasteiger partial charge in [-0.05, 0) is 25.7 Å². The van der Waals surface area contributed by atoms with E-state index in [9.17, 15) is 9.59 Å². The lowest BCUT2D eigenvalue weighted by Gasteiger charge is -2.11. The van der Waals surface area contributed by atoms with Crippen molar-refractivity contribution < 1.29 is 38.0 Å². The zero-order valence-electron chi connectivity index (χ0n) is 24.8. The van der Waals surface area contributed by atoms with Gasteiger partial charge in [-0.3, -0.25) is 9.59 Å². The van der Waals surface area contributed by atoms with Crippen molar-refractivity contribution >= 4 is 23.5 Å². The van der Waals surface area contributed by atoms with E-state index < -0.39 is 11.8 Å². The van der Waals surface area contributed by atoms with Crippen LogP contribution in [0.3, 0.4) is 0 Å². The summed E-state index contributed by atoms with van der Waals surface area (Å²) >= 11 is 0. The number of carbonyl (C=O) groups is 2. The molecule has 0 fully saturated rings. The number of unbranched alkanes of at least 4 members (excludes halogenated alkanes) is 1. The smallest absolute Gasteiger partial charge is 0.273 e. The molecule has 0 aromatic carbocycles. The van der Waals surface area contributed by atoms with Crippen LogP contribution in [-0.2, 0) is 28.4 Å². The van der Waals surface area contributed by atoms with Crippen LogP contribution in [0.1, 0.15) is 66.9 Å². The highest BCUT2D eigenvalue weighted by molar-refractivity contribution is 6.00. The minimum absolute atomic E-state index is 0.137. The van der Waals surface area contributed by atoms with E-state index in [-0.39, 0.29) is 23.0 Å². The zero-order chi connectivity index (χ0) is 30.0. The highest BCUT2D eigenvalue weighted by Crippen LogP contribution is 2.13. The first-order valence-corrected chi connectivity index (χ1v) is 14.5. The number of nitrogen functional groups attached to an aromatic ring is 2. The Bertz CT molecular complexity index is 833. The molecule has 1 heterocycles. The van der Waals surface area contributed by atoms with Crippen molar-refractivity contribution in [3.63, 3.8) is 0 Å². The maximum atomic E-state index is 12.4. The SMILES string of the molecule is CCCCOCCOCCOCCCNC(=O)c1nc(N)c(C(=O)NCCCOCCOCCOCCC)nc1N. The number of amides is 2. The molecule has 0 aliphatic carbocycles. The second-order valence-electron chi connectivity index (χ2n) is 8.94. The van der Waals surface area contributed by atoms with Gasteiger partial charge in [0.2, 0.25) is 0 Å². The van der Waals surface area contributed by atoms with Gasteiger partial charge in [-0.1, -0.05) is 20.3 Å². The van der Waals surface area contributed by atoms with E-state index in [2.05, 4.69) is 34.4 Å². The Kier molecular flexibility index (Phi) is 22.3. The number of rotatable bonds is 27. The van der Waals surface area contributed by atoms with Crippen LogP contribution in [-0.4, -0.2) is 114 Å². The molecule has 1 aromatic heterocycles. The topological polar surface area (TPSA) is 191 Å². The molecule has 0 bridgehead atoms. The van der Waals surface area contributed by atoms with E-state index in [1.165, 1.54) is 0 Å². The van der Waals surface area contributed by atoms with E-state index in [1.807, 2.05) is 0 Å². The molecule has 41 heavy (non-hydrogen) atoms. The third kappa shape index (κ3) is 18.4. The number of ether oxygens (including phenoxy) is 6. The van der Waals surface area contributed by atoms with Gasteiger partial charge in [0.05, 0.1) is 52.9 Å². The van der Waals surface area contributed by atoms with E-state index in [0.717, 1.165) is 32.5 Å². The number of hydrogen-bond acceptors (Lipinski definition) is 12. The van der Waals surface area contributed by atoms with Crippen molar-refractivity contribution in [3.8, 4) is 0 Å². The minimum atomic E-state index is -0.533. The largest absolute Gasteiger partial charge is 0.382 e. The molecule has 0 spiro atoms. The molecule has 6 N–H and O–H groups in total. The minimum Gasteiger partial charge on any atom is -0.382 e. The number of nitrogens with zero attached hydrogens (tertiary/aromatic N) is 2. The summed E-state index contributed by atoms with van der Waals surface area (Å²) in [7, 11) is 0. The normalized spacial score (nSPS) is 11.1. The Labute approximate surface area is 243 Å². The predicted octanol–water partition coefficient (Wildman–Crippen LogP) is 1.19. The van der Waals surface area contributed by atoms with Gasteiger partial charge >= 0.3 is 0 Å². The van der Waals surface area contributed by atoms with Crippen molar-refractivity contribution in [2.24, 2.45) is 0 Å². The molecular formula is C27H50N6O8. The van der Waals surface area contributed by atoms with Gasteiger partial charge in [-0.25, -0.2) is 9.97 Å². The molecule has 1 rings (SSSR count). The molecule has 0 unspecified atom stereocenters. The molecule has 14 heteroatoms. The Morgan fingerprint density at radius 1 is 0.537 bits per heavy atom. The lowest BCUT2D eigenvalue weighted by Crippen LogP contribution is -2.31. The third-order valence-corrected chi connectivity index (χ3v) is 5.36. The monoisotopic (exact) mass is 586 g/mol. The number of hydrogen-bond donors (Lipinski definition) is 4. The number of anilines is 2. The molecular weight excluding hydrogens is 536 g/mol. The average Bonchev–Trinajstić information content (AvgIpc) is 2.96. The number of carbonyl (C=O) groups excluding carboxylic acids is 2. The van der Waals surface area contributed by atoms with Crippen LogP contribution in [0, 0.1) is 0 Å². The first-order chi connectivity index (χ1) is 20.0. The number of aromatic nitrogens is 2. The van der Waals surface area contributed by atoms with Gasteiger partial charge in [-0.2, -0.15) is 0 Å². The van der Waals surface area contributed by atoms with Crippen molar-refractivity contribution in [1.29, 1.82) is 0 Å². The molecule has 236 valence electrons. The summed E-state index contributed by atoms with van der Waals surface area (Å²) in [4.78, 5) is 32.9. The molecule has 0 aliphatic rings. The van der Waals surface area contributed by atoms with Gasteiger partial charge in [0.15, 0.2) is 23.0 Å². The Hall–Kier alpha value is -2.62. The van der Waals surface area contributed by atoms with Crippen LogP contribution >= 0.6 is 0 Å². The number of nitrogens with two attached hydrogens (primary N) is 2. The van der Waals surface area contributed by atoms with E-state index in [1.54, 1.807) is 0 Å². The summed E-state index contributed by atoms with van der Waals surface area (Å²) in [5, 5.41) is 5.39. The van der Waals surface area contributed by atoms with Crippen molar-refractivity contribution in [3.05, 3.63) is 11.4 Å². The van der Waals surface area contributed by atoms with E-state index in [0.29, 0.717) is 92.0 Å². The van der Waals surface area contributed by atoms with Crippen LogP contribution in [0.5, 0.6) is 0 Å². The first kappa shape index (κ1) is 36.4. The molecule has 0 saturated heterocycles. The Balaban J connectivity index is 2.16. The Morgan fingerprint density at radius 3 is 1.24 bits per heavy atom. The average molecular weight is 587 g/mol. The van der Waals surface area contributed by atoms with Gasteiger partial charge in [0.25, 0.3) is 11.8 Å². The summed E-state index contributed by atoms with van der Waals surface area (Å²) in [5.41, 5.74) is 11.5. The molecule has 14 nitrogen and oxygen atoms in total. The summed E-state index contributed by atoms with van der Waals surface area (Å²) in [6.45, 7) is 11.4. The fraction of sp³-hybridized carbons (Fsp3) is 0.778. The summed E-state index contributed by atoms with van der Waals surface area (Å²) in [6, 6.07) is 0. The molecule has 1 aromatic rings. The molecule has 0 saturated carbocycles. The molecule has 0 aliphatic heterocycles. The quantitative estimate of drug-likeness (QED) is 0.108. The van der Waals surface area contributed by atoms with Crippen molar-refractivity contribution in [1.82, 2.24) is 20.6 Å². The van der Waals surface area contributed by atoms with Crippen LogP contribution in [0.2, 0.25) is 0 Å². The van der Waals surface area contributed by atoms with Crippen LogP contribution in [0.4, 0.5) is 11.6 Å². The van der Waals surface area contributed by atoms with Crippen LogP contribution < -0.4 is 22.1 Å². The first-order valence-electron chi connectivity index (χ1n) is 14.5. The molecule has 0 atom stereocenters. The van der Waals surface area contributed by atoms with Crippen LogP contribution in [0.25, 0.3) is 0 Å². The second-order valence-corrected chi connectivity index (χ2v) is 8.94. The standard InChI is InChI=1S/C27H50N6O8/c1-3-5-11-37-15-19-41-21-17-39-13-7-9-31-27(35)23-25(29)32-22(24(28)33-23)26(34)30-8-6-12-38-16-20-40-18-14-36-10-4-2/h3-21H2,1-2H3,(H2,28,33)(H2,29,32)(H,30,34)(H,31,35). The second kappa shape index (κ2) is 25.1. The maximum Gasteiger partial charge on any atom is 0.273 e. The fourth-order valence-corrected chi connectivity index (χ4v) is 3.19. The van der Waals surface area contributed by atoms with E-state index in [4.69, 9.17) is 39.9 Å². The predicted molar refractivity (Wildman–Crippen MR) is 155 cm³/mol. The van der Waals surface area contributed by atoms with Gasteiger partial charge in [0, 0.05) is 39.5 Å². The zero-order valence-corrected chi connectivity index (χ0v) is 24.8. The van der Waals surface area contributed by atoms with Crippen molar-refractivity contribution in [2.75, 3.05) is 104 Å². The van der Waals surface area contributed by atoms with Crippen molar-refractivity contribution in [2.45, 2.75) is 46.0 Å². The highest BCUT2D eigenvalue weighted by Gasteiger charge is 2.20. The van der Waals surface area contributed by atoms with Gasteiger partial charge < -0.3 is 50.5 Å². The summed E-state index contributed by atoms with van der Waals surface area (Å²) in [6.07, 6.45) is 4.32. The lowest BCUT2D eigenvalue weighted by atomic mass is 10.3. The maximum absolute atomic E-state index is 12.4. The Morgan fingerprint density at radius 2 is 0.878 bits per heavy atom.